The Bertz CT molecular complexity index is 257. The molecule has 0 aliphatic carbocycles. The normalized spacial score (nSPS) is 24.3. The minimum Gasteiger partial charge on any atom is -0.340 e. The second-order valence-electron chi connectivity index (χ2n) is 6.14. The number of piperidine rings is 1. The molecule has 1 amide bonds. The molecule has 1 atom stereocenters. The number of hydrogen-bond acceptors (Lipinski definition) is 2. The number of rotatable bonds is 6. The van der Waals surface area contributed by atoms with Crippen LogP contribution in [0.2, 0.25) is 0 Å². The first-order valence-electron chi connectivity index (χ1n) is 7.53. The Morgan fingerprint density at radius 1 is 1.39 bits per heavy atom. The van der Waals surface area contributed by atoms with Crippen molar-refractivity contribution in [2.45, 2.75) is 65.8 Å². The van der Waals surface area contributed by atoms with Crippen LogP contribution in [0.5, 0.6) is 0 Å². The van der Waals surface area contributed by atoms with Crippen molar-refractivity contribution in [3.8, 4) is 0 Å². The van der Waals surface area contributed by atoms with Crippen molar-refractivity contribution in [2.24, 2.45) is 5.41 Å². The van der Waals surface area contributed by atoms with Gasteiger partial charge in [0.1, 0.15) is 0 Å². The van der Waals surface area contributed by atoms with Gasteiger partial charge in [0.15, 0.2) is 0 Å². The first-order valence-corrected chi connectivity index (χ1v) is 7.53. The maximum Gasteiger partial charge on any atom is 0.230 e. The lowest BCUT2D eigenvalue weighted by atomic mass is 9.81. The molecule has 0 aromatic rings. The molecule has 1 aliphatic heterocycles. The van der Waals surface area contributed by atoms with Crippen molar-refractivity contribution in [2.75, 3.05) is 19.6 Å². The Kier molecular flexibility index (Phi) is 6.13. The molecule has 1 saturated heterocycles. The molecule has 1 N–H and O–H groups in total. The lowest BCUT2D eigenvalue weighted by molar-refractivity contribution is -0.144. The molecule has 1 aliphatic rings. The fourth-order valence-electron chi connectivity index (χ4n) is 2.71. The standard InChI is InChI=1S/C15H30N2O/c1-5-6-7-11-17(13(2)3)14(18)15(4)9-8-10-16-12-15/h13,16H,5-12H2,1-4H3. The predicted octanol–water partition coefficient (Wildman–Crippen LogP) is 2.80. The van der Waals surface area contributed by atoms with Gasteiger partial charge in [-0.15, -0.1) is 0 Å². The maximum atomic E-state index is 12.7. The van der Waals surface area contributed by atoms with Gasteiger partial charge in [0.25, 0.3) is 0 Å². The highest BCUT2D eigenvalue weighted by atomic mass is 16.2. The van der Waals surface area contributed by atoms with Crippen LogP contribution < -0.4 is 5.32 Å². The van der Waals surface area contributed by atoms with Gasteiger partial charge in [-0.1, -0.05) is 19.8 Å². The topological polar surface area (TPSA) is 32.3 Å². The molecular weight excluding hydrogens is 224 g/mol. The van der Waals surface area contributed by atoms with E-state index in [2.05, 4.69) is 37.9 Å². The van der Waals surface area contributed by atoms with Crippen molar-refractivity contribution in [3.63, 3.8) is 0 Å². The molecule has 1 heterocycles. The summed E-state index contributed by atoms with van der Waals surface area (Å²) >= 11 is 0. The Morgan fingerprint density at radius 2 is 2.11 bits per heavy atom. The van der Waals surface area contributed by atoms with E-state index in [4.69, 9.17) is 0 Å². The highest BCUT2D eigenvalue weighted by molar-refractivity contribution is 5.83. The first kappa shape index (κ1) is 15.5. The Hall–Kier alpha value is -0.570. The van der Waals surface area contributed by atoms with Gasteiger partial charge in [-0.3, -0.25) is 4.79 Å². The van der Waals surface area contributed by atoms with E-state index in [1.54, 1.807) is 0 Å². The lowest BCUT2D eigenvalue weighted by Gasteiger charge is -2.39. The van der Waals surface area contributed by atoms with Gasteiger partial charge >= 0.3 is 0 Å². The van der Waals surface area contributed by atoms with Crippen molar-refractivity contribution in [1.29, 1.82) is 0 Å². The second kappa shape index (κ2) is 7.13. The Morgan fingerprint density at radius 3 is 2.61 bits per heavy atom. The molecule has 106 valence electrons. The molecule has 1 fully saturated rings. The lowest BCUT2D eigenvalue weighted by Crippen LogP contribution is -2.52. The van der Waals surface area contributed by atoms with Gasteiger partial charge in [-0.25, -0.2) is 0 Å². The van der Waals surface area contributed by atoms with Crippen molar-refractivity contribution in [1.82, 2.24) is 10.2 Å². The van der Waals surface area contributed by atoms with E-state index in [1.165, 1.54) is 12.8 Å². The summed E-state index contributed by atoms with van der Waals surface area (Å²) < 4.78 is 0. The number of carbonyl (C=O) groups excluding carboxylic acids is 1. The van der Waals surface area contributed by atoms with Crippen LogP contribution >= 0.6 is 0 Å². The third-order valence-electron chi connectivity index (χ3n) is 4.00. The maximum absolute atomic E-state index is 12.7. The van der Waals surface area contributed by atoms with E-state index in [9.17, 15) is 4.79 Å². The minimum atomic E-state index is -0.186. The zero-order chi connectivity index (χ0) is 13.6. The fraction of sp³-hybridized carbons (Fsp3) is 0.933. The molecule has 0 aromatic carbocycles. The van der Waals surface area contributed by atoms with Gasteiger partial charge < -0.3 is 10.2 Å². The van der Waals surface area contributed by atoms with E-state index < -0.39 is 0 Å². The summed E-state index contributed by atoms with van der Waals surface area (Å²) in [4.78, 5) is 14.8. The summed E-state index contributed by atoms with van der Waals surface area (Å²) in [6.07, 6.45) is 5.69. The average Bonchev–Trinajstić information content (AvgIpc) is 2.34. The second-order valence-corrected chi connectivity index (χ2v) is 6.14. The van der Waals surface area contributed by atoms with E-state index in [0.29, 0.717) is 11.9 Å². The molecule has 3 heteroatoms. The number of unbranched alkanes of at least 4 members (excludes halogenated alkanes) is 2. The van der Waals surface area contributed by atoms with Crippen LogP contribution in [-0.2, 0) is 4.79 Å². The van der Waals surface area contributed by atoms with E-state index in [0.717, 1.165) is 38.9 Å². The molecule has 0 bridgehead atoms. The first-order chi connectivity index (χ1) is 8.51. The van der Waals surface area contributed by atoms with E-state index in [-0.39, 0.29) is 5.41 Å². The highest BCUT2D eigenvalue weighted by Crippen LogP contribution is 2.29. The summed E-state index contributed by atoms with van der Waals surface area (Å²) in [5.41, 5.74) is -0.186. The van der Waals surface area contributed by atoms with Gasteiger partial charge in [-0.05, 0) is 46.6 Å². The number of carbonyl (C=O) groups is 1. The molecule has 0 saturated carbocycles. The molecule has 3 nitrogen and oxygen atoms in total. The van der Waals surface area contributed by atoms with Crippen LogP contribution in [0.1, 0.15) is 59.8 Å². The summed E-state index contributed by atoms with van der Waals surface area (Å²) in [5.74, 6) is 0.348. The van der Waals surface area contributed by atoms with Crippen molar-refractivity contribution in [3.05, 3.63) is 0 Å². The summed E-state index contributed by atoms with van der Waals surface area (Å²) in [7, 11) is 0. The minimum absolute atomic E-state index is 0.186. The van der Waals surface area contributed by atoms with Gasteiger partial charge in [-0.2, -0.15) is 0 Å². The Balaban J connectivity index is 2.63. The zero-order valence-electron chi connectivity index (χ0n) is 12.6. The largest absolute Gasteiger partial charge is 0.340 e. The molecule has 1 rings (SSSR count). The van der Waals surface area contributed by atoms with Crippen LogP contribution in [0.4, 0.5) is 0 Å². The Labute approximate surface area is 112 Å². The van der Waals surface area contributed by atoms with Crippen LogP contribution in [-0.4, -0.2) is 36.5 Å². The van der Waals surface area contributed by atoms with Crippen LogP contribution in [0.15, 0.2) is 0 Å². The van der Waals surface area contributed by atoms with Gasteiger partial charge in [0.05, 0.1) is 5.41 Å². The summed E-state index contributed by atoms with van der Waals surface area (Å²) in [5, 5.41) is 3.37. The van der Waals surface area contributed by atoms with Crippen LogP contribution in [0.3, 0.4) is 0 Å². The number of nitrogens with zero attached hydrogens (tertiary/aromatic N) is 1. The molecule has 1 unspecified atom stereocenters. The summed E-state index contributed by atoms with van der Waals surface area (Å²) in [6, 6.07) is 0.313. The van der Waals surface area contributed by atoms with Gasteiger partial charge in [0.2, 0.25) is 5.91 Å². The fourth-order valence-corrected chi connectivity index (χ4v) is 2.71. The number of hydrogen-bond donors (Lipinski definition) is 1. The van der Waals surface area contributed by atoms with E-state index in [1.807, 2.05) is 0 Å². The molecule has 0 spiro atoms. The quantitative estimate of drug-likeness (QED) is 0.739. The highest BCUT2D eigenvalue weighted by Gasteiger charge is 2.38. The van der Waals surface area contributed by atoms with Crippen LogP contribution in [0, 0.1) is 5.41 Å². The smallest absolute Gasteiger partial charge is 0.230 e. The molecule has 0 radical (unpaired) electrons. The van der Waals surface area contributed by atoms with Gasteiger partial charge in [0, 0.05) is 19.1 Å². The van der Waals surface area contributed by atoms with Crippen molar-refractivity contribution >= 4 is 5.91 Å². The molecule has 18 heavy (non-hydrogen) atoms. The number of nitrogens with one attached hydrogen (secondary N) is 1. The van der Waals surface area contributed by atoms with Crippen molar-refractivity contribution < 1.29 is 4.79 Å². The number of amides is 1. The van der Waals surface area contributed by atoms with E-state index >= 15 is 0 Å². The molecule has 0 aromatic heterocycles. The SMILES string of the molecule is CCCCCN(C(=O)C1(C)CCCNC1)C(C)C. The average molecular weight is 254 g/mol. The summed E-state index contributed by atoms with van der Waals surface area (Å²) in [6.45, 7) is 11.4. The predicted molar refractivity (Wildman–Crippen MR) is 76.6 cm³/mol. The third kappa shape index (κ3) is 3.98. The monoisotopic (exact) mass is 254 g/mol. The molecular formula is C15H30N2O. The third-order valence-corrected chi connectivity index (χ3v) is 4.00. The van der Waals surface area contributed by atoms with Crippen LogP contribution in [0.25, 0.3) is 0 Å². The zero-order valence-corrected chi connectivity index (χ0v) is 12.6.